The average Bonchev–Trinajstić information content (AvgIpc) is 3.17. The van der Waals surface area contributed by atoms with Crippen LogP contribution in [-0.4, -0.2) is 14.0 Å². The second kappa shape index (κ2) is 7.51. The fraction of sp³-hybridized carbons (Fsp3) is 0.375. The SMILES string of the molecule is CCc1c(C)nc2s/c(=C\c3c(C)n([C@@H](C)CC)c4c(C)cccc34)c(=O)n2c1=O. The smallest absolute Gasteiger partial charge is 0.277 e. The van der Waals surface area contributed by atoms with E-state index in [0.29, 0.717) is 33.2 Å². The van der Waals surface area contributed by atoms with Crippen molar-refractivity contribution in [2.24, 2.45) is 0 Å². The van der Waals surface area contributed by atoms with Gasteiger partial charge in [-0.05, 0) is 52.2 Å². The van der Waals surface area contributed by atoms with Crippen molar-refractivity contribution in [3.05, 3.63) is 71.5 Å². The van der Waals surface area contributed by atoms with E-state index in [-0.39, 0.29) is 11.1 Å². The van der Waals surface area contributed by atoms with E-state index in [9.17, 15) is 9.59 Å². The number of benzene rings is 1. The normalized spacial score (nSPS) is 13.6. The Hall–Kier alpha value is -2.73. The molecule has 0 unspecified atom stereocenters. The predicted octanol–water partition coefficient (Wildman–Crippen LogP) is 4.08. The van der Waals surface area contributed by atoms with E-state index < -0.39 is 0 Å². The van der Waals surface area contributed by atoms with Crippen LogP contribution in [0.25, 0.3) is 21.9 Å². The molecule has 0 bridgehead atoms. The first-order valence-corrected chi connectivity index (χ1v) is 11.3. The van der Waals surface area contributed by atoms with Crippen LogP contribution < -0.4 is 15.7 Å². The number of para-hydroxylation sites is 1. The highest BCUT2D eigenvalue weighted by Crippen LogP contribution is 2.32. The molecule has 0 spiro atoms. The zero-order valence-corrected chi connectivity index (χ0v) is 19.2. The van der Waals surface area contributed by atoms with Gasteiger partial charge in [-0.3, -0.25) is 9.59 Å². The van der Waals surface area contributed by atoms with Gasteiger partial charge in [-0.1, -0.05) is 43.4 Å². The molecule has 0 N–H and O–H groups in total. The van der Waals surface area contributed by atoms with Gasteiger partial charge in [0.1, 0.15) is 0 Å². The van der Waals surface area contributed by atoms with Gasteiger partial charge in [0, 0.05) is 33.9 Å². The van der Waals surface area contributed by atoms with Crippen LogP contribution >= 0.6 is 11.3 Å². The number of thiazole rings is 1. The molecule has 30 heavy (non-hydrogen) atoms. The Morgan fingerprint density at radius 3 is 2.53 bits per heavy atom. The molecule has 0 saturated heterocycles. The number of hydrogen-bond acceptors (Lipinski definition) is 4. The topological polar surface area (TPSA) is 56.4 Å². The van der Waals surface area contributed by atoms with Crippen molar-refractivity contribution in [1.82, 2.24) is 14.0 Å². The van der Waals surface area contributed by atoms with Crippen LogP contribution in [0.3, 0.4) is 0 Å². The fourth-order valence-corrected chi connectivity index (χ4v) is 5.36. The van der Waals surface area contributed by atoms with Crippen LogP contribution in [0.15, 0.2) is 27.8 Å². The number of aromatic nitrogens is 3. The molecule has 156 valence electrons. The minimum Gasteiger partial charge on any atom is -0.341 e. The summed E-state index contributed by atoms with van der Waals surface area (Å²) in [7, 11) is 0. The number of hydrogen-bond donors (Lipinski definition) is 0. The molecule has 3 heterocycles. The minimum atomic E-state index is -0.279. The average molecular weight is 422 g/mol. The van der Waals surface area contributed by atoms with Crippen LogP contribution in [0.1, 0.15) is 61.3 Å². The van der Waals surface area contributed by atoms with E-state index >= 15 is 0 Å². The Balaban J connectivity index is 2.10. The standard InChI is InChI=1S/C24H27N3O2S/c1-7-14(4)26-16(6)19(18-11-9-10-13(3)21(18)26)12-20-23(29)27-22(28)17(8-2)15(5)25-24(27)30-20/h9-12,14H,7-8H2,1-6H3/b20-12-/t14-/m0/s1. The van der Waals surface area contributed by atoms with Crippen molar-refractivity contribution in [3.63, 3.8) is 0 Å². The van der Waals surface area contributed by atoms with Crippen molar-refractivity contribution in [2.45, 2.75) is 60.4 Å². The van der Waals surface area contributed by atoms with E-state index in [1.807, 2.05) is 19.9 Å². The van der Waals surface area contributed by atoms with Gasteiger partial charge in [0.15, 0.2) is 0 Å². The lowest BCUT2D eigenvalue weighted by atomic mass is 10.1. The highest BCUT2D eigenvalue weighted by atomic mass is 32.1. The van der Waals surface area contributed by atoms with E-state index in [2.05, 4.69) is 55.4 Å². The Morgan fingerprint density at radius 1 is 1.13 bits per heavy atom. The zero-order valence-electron chi connectivity index (χ0n) is 18.4. The summed E-state index contributed by atoms with van der Waals surface area (Å²) in [6, 6.07) is 6.65. The molecule has 0 aliphatic heterocycles. The molecule has 0 radical (unpaired) electrons. The van der Waals surface area contributed by atoms with Crippen LogP contribution in [0, 0.1) is 20.8 Å². The van der Waals surface area contributed by atoms with Crippen molar-refractivity contribution >= 4 is 33.3 Å². The molecule has 4 rings (SSSR count). The number of rotatable bonds is 4. The van der Waals surface area contributed by atoms with Gasteiger partial charge >= 0.3 is 0 Å². The quantitative estimate of drug-likeness (QED) is 0.499. The van der Waals surface area contributed by atoms with Gasteiger partial charge in [-0.2, -0.15) is 0 Å². The first-order valence-electron chi connectivity index (χ1n) is 10.5. The van der Waals surface area contributed by atoms with E-state index in [4.69, 9.17) is 0 Å². The molecule has 3 aromatic heterocycles. The lowest BCUT2D eigenvalue weighted by molar-refractivity contribution is 0.536. The summed E-state index contributed by atoms with van der Waals surface area (Å²) >= 11 is 1.29. The monoisotopic (exact) mass is 421 g/mol. The highest BCUT2D eigenvalue weighted by Gasteiger charge is 2.18. The Bertz CT molecular complexity index is 1460. The van der Waals surface area contributed by atoms with E-state index in [1.165, 1.54) is 26.8 Å². The first kappa shape index (κ1) is 20.5. The van der Waals surface area contributed by atoms with Gasteiger partial charge < -0.3 is 4.57 Å². The summed E-state index contributed by atoms with van der Waals surface area (Å²) in [6.45, 7) is 12.4. The molecule has 6 heteroatoms. The second-order valence-corrected chi connectivity index (χ2v) is 8.97. The van der Waals surface area contributed by atoms with Gasteiger partial charge in [0.2, 0.25) is 4.96 Å². The van der Waals surface area contributed by atoms with E-state index in [0.717, 1.165) is 23.1 Å². The van der Waals surface area contributed by atoms with Crippen molar-refractivity contribution in [2.75, 3.05) is 0 Å². The molecular formula is C24H27N3O2S. The van der Waals surface area contributed by atoms with Gasteiger partial charge in [0.25, 0.3) is 11.1 Å². The molecule has 4 aromatic rings. The third kappa shape index (κ3) is 2.93. The van der Waals surface area contributed by atoms with Gasteiger partial charge in [-0.15, -0.1) is 0 Å². The molecule has 0 aliphatic carbocycles. The largest absolute Gasteiger partial charge is 0.341 e. The Kier molecular flexibility index (Phi) is 5.14. The van der Waals surface area contributed by atoms with Crippen LogP contribution in [0.5, 0.6) is 0 Å². The van der Waals surface area contributed by atoms with Crippen LogP contribution in [-0.2, 0) is 6.42 Å². The maximum Gasteiger partial charge on any atom is 0.277 e. The maximum atomic E-state index is 13.1. The van der Waals surface area contributed by atoms with Gasteiger partial charge in [0.05, 0.1) is 10.0 Å². The molecule has 1 atom stereocenters. The Morgan fingerprint density at radius 2 is 1.87 bits per heavy atom. The van der Waals surface area contributed by atoms with Crippen LogP contribution in [0.2, 0.25) is 0 Å². The summed E-state index contributed by atoms with van der Waals surface area (Å²) in [4.78, 5) is 31.0. The molecule has 0 aliphatic rings. The third-order valence-electron chi connectivity index (χ3n) is 6.15. The maximum absolute atomic E-state index is 13.1. The minimum absolute atomic E-state index is 0.240. The molecular weight excluding hydrogens is 394 g/mol. The number of aryl methyl sites for hydroxylation is 2. The third-order valence-corrected chi connectivity index (χ3v) is 7.12. The van der Waals surface area contributed by atoms with Crippen molar-refractivity contribution < 1.29 is 0 Å². The summed E-state index contributed by atoms with van der Waals surface area (Å²) in [5.41, 5.74) is 5.40. The summed E-state index contributed by atoms with van der Waals surface area (Å²) in [6.07, 6.45) is 3.53. The lowest BCUT2D eigenvalue weighted by Crippen LogP contribution is -2.33. The second-order valence-electron chi connectivity index (χ2n) is 7.97. The van der Waals surface area contributed by atoms with Crippen molar-refractivity contribution in [3.8, 4) is 0 Å². The predicted molar refractivity (Wildman–Crippen MR) is 125 cm³/mol. The van der Waals surface area contributed by atoms with E-state index in [1.54, 1.807) is 0 Å². The van der Waals surface area contributed by atoms with Gasteiger partial charge in [-0.25, -0.2) is 9.38 Å². The molecule has 0 saturated carbocycles. The highest BCUT2D eigenvalue weighted by molar-refractivity contribution is 7.15. The molecule has 0 amide bonds. The molecule has 5 nitrogen and oxygen atoms in total. The van der Waals surface area contributed by atoms with Crippen molar-refractivity contribution in [1.29, 1.82) is 0 Å². The Labute approximate surface area is 179 Å². The summed E-state index contributed by atoms with van der Waals surface area (Å²) in [5.74, 6) is 0. The molecule has 0 fully saturated rings. The summed E-state index contributed by atoms with van der Waals surface area (Å²) < 4.78 is 4.15. The number of nitrogens with zero attached hydrogens (tertiary/aromatic N) is 3. The first-order chi connectivity index (χ1) is 14.3. The molecule has 1 aromatic carbocycles. The van der Waals surface area contributed by atoms with Crippen LogP contribution in [0.4, 0.5) is 0 Å². The lowest BCUT2D eigenvalue weighted by Gasteiger charge is -2.16. The zero-order chi connectivity index (χ0) is 21.7. The fourth-order valence-electron chi connectivity index (χ4n) is 4.37. The number of fused-ring (bicyclic) bond motifs is 2. The summed E-state index contributed by atoms with van der Waals surface area (Å²) in [5, 5.41) is 1.13.